The highest BCUT2D eigenvalue weighted by Gasteiger charge is 2.26. The highest BCUT2D eigenvalue weighted by Crippen LogP contribution is 2.27. The number of nitrogens with one attached hydrogen (secondary N) is 1. The van der Waals surface area contributed by atoms with Crippen molar-refractivity contribution in [3.05, 3.63) is 18.3 Å². The van der Waals surface area contributed by atoms with Crippen LogP contribution in [0.3, 0.4) is 0 Å². The summed E-state index contributed by atoms with van der Waals surface area (Å²) in [5.74, 6) is 1.08. The molecule has 1 aromatic rings. The van der Waals surface area contributed by atoms with Gasteiger partial charge in [-0.15, -0.1) is 0 Å². The first kappa shape index (κ1) is 8.99. The summed E-state index contributed by atoms with van der Waals surface area (Å²) >= 11 is 0. The van der Waals surface area contributed by atoms with Crippen LogP contribution in [0.1, 0.15) is 19.8 Å². The molecule has 1 aliphatic heterocycles. The number of pyridine rings is 1. The van der Waals surface area contributed by atoms with Crippen molar-refractivity contribution in [3.63, 3.8) is 0 Å². The van der Waals surface area contributed by atoms with E-state index in [-0.39, 0.29) is 12.0 Å². The van der Waals surface area contributed by atoms with E-state index in [1.54, 1.807) is 12.3 Å². The first-order valence-electron chi connectivity index (χ1n) is 4.74. The summed E-state index contributed by atoms with van der Waals surface area (Å²) < 4.78 is 5.51. The molecular formula is C10H12N2O2. The maximum absolute atomic E-state index is 11.5. The van der Waals surface area contributed by atoms with Crippen LogP contribution in [-0.4, -0.2) is 17.0 Å². The fourth-order valence-corrected chi connectivity index (χ4v) is 1.44. The Bertz CT molecular complexity index is 352. The van der Waals surface area contributed by atoms with Gasteiger partial charge < -0.3 is 10.1 Å². The van der Waals surface area contributed by atoms with Gasteiger partial charge in [-0.05, 0) is 18.6 Å². The number of anilines is 1. The minimum Gasteiger partial charge on any atom is -0.477 e. The molecule has 0 aliphatic carbocycles. The number of hydrogen-bond donors (Lipinski definition) is 1. The van der Waals surface area contributed by atoms with E-state index in [2.05, 4.69) is 10.3 Å². The Labute approximate surface area is 82.3 Å². The average molecular weight is 192 g/mol. The molecule has 0 aromatic carbocycles. The number of ether oxygens (including phenoxy) is 1. The molecule has 0 saturated carbocycles. The predicted octanol–water partition coefficient (Wildman–Crippen LogP) is 1.58. The smallest absolute Gasteiger partial charge is 0.266 e. The van der Waals surface area contributed by atoms with Crippen LogP contribution in [0.25, 0.3) is 0 Å². The second-order valence-electron chi connectivity index (χ2n) is 3.23. The third-order valence-electron chi connectivity index (χ3n) is 2.12. The molecule has 4 nitrogen and oxygen atoms in total. The molecule has 74 valence electrons. The highest BCUT2D eigenvalue weighted by molar-refractivity contribution is 5.96. The zero-order valence-corrected chi connectivity index (χ0v) is 7.99. The molecule has 14 heavy (non-hydrogen) atoms. The molecule has 0 spiro atoms. The van der Waals surface area contributed by atoms with Gasteiger partial charge in [-0.1, -0.05) is 13.3 Å². The maximum Gasteiger partial charge on any atom is 0.266 e. The Morgan fingerprint density at radius 3 is 3.29 bits per heavy atom. The van der Waals surface area contributed by atoms with Crippen molar-refractivity contribution in [2.75, 3.05) is 5.32 Å². The number of fused-ring (bicyclic) bond motifs is 1. The third kappa shape index (κ3) is 1.55. The second-order valence-corrected chi connectivity index (χ2v) is 3.23. The molecule has 0 bridgehead atoms. The van der Waals surface area contributed by atoms with E-state index < -0.39 is 0 Å². The first-order valence-corrected chi connectivity index (χ1v) is 4.74. The van der Waals surface area contributed by atoms with Gasteiger partial charge in [0.2, 0.25) is 0 Å². The molecule has 1 aromatic heterocycles. The fraction of sp³-hybridized carbons (Fsp3) is 0.400. The third-order valence-corrected chi connectivity index (χ3v) is 2.12. The van der Waals surface area contributed by atoms with Gasteiger partial charge in [0, 0.05) is 6.20 Å². The Kier molecular flexibility index (Phi) is 2.35. The van der Waals surface area contributed by atoms with Gasteiger partial charge in [0.15, 0.2) is 17.7 Å². The number of nitrogens with zero attached hydrogens (tertiary/aromatic N) is 1. The molecule has 0 saturated heterocycles. The minimum atomic E-state index is -0.364. The summed E-state index contributed by atoms with van der Waals surface area (Å²) in [6, 6.07) is 3.60. The second kappa shape index (κ2) is 3.65. The van der Waals surface area contributed by atoms with Crippen molar-refractivity contribution >= 4 is 11.7 Å². The summed E-state index contributed by atoms with van der Waals surface area (Å²) in [6.07, 6.45) is 2.92. The number of hydrogen-bond acceptors (Lipinski definition) is 3. The van der Waals surface area contributed by atoms with Crippen molar-refractivity contribution < 1.29 is 9.53 Å². The number of rotatable bonds is 2. The van der Waals surface area contributed by atoms with Crippen molar-refractivity contribution in [1.82, 2.24) is 4.98 Å². The van der Waals surface area contributed by atoms with Gasteiger partial charge >= 0.3 is 0 Å². The van der Waals surface area contributed by atoms with Crippen LogP contribution in [0.4, 0.5) is 5.82 Å². The number of carbonyl (C=O) groups is 1. The van der Waals surface area contributed by atoms with Crippen molar-refractivity contribution in [1.29, 1.82) is 0 Å². The van der Waals surface area contributed by atoms with Crippen LogP contribution in [-0.2, 0) is 4.79 Å². The normalized spacial score (nSPS) is 19.5. The molecule has 1 atom stereocenters. The molecule has 2 heterocycles. The van der Waals surface area contributed by atoms with Gasteiger partial charge in [-0.3, -0.25) is 4.79 Å². The predicted molar refractivity (Wildman–Crippen MR) is 52.2 cm³/mol. The minimum absolute atomic E-state index is 0.0990. The molecule has 0 fully saturated rings. The Hall–Kier alpha value is -1.58. The van der Waals surface area contributed by atoms with E-state index in [1.807, 2.05) is 13.0 Å². The van der Waals surface area contributed by atoms with E-state index in [0.717, 1.165) is 12.8 Å². The van der Waals surface area contributed by atoms with Crippen LogP contribution >= 0.6 is 0 Å². The largest absolute Gasteiger partial charge is 0.477 e. The molecular weight excluding hydrogens is 180 g/mol. The number of carbonyl (C=O) groups excluding carboxylic acids is 1. The SMILES string of the molecule is CCCC1Oc2cccnc2NC1=O. The summed E-state index contributed by atoms with van der Waals surface area (Å²) in [4.78, 5) is 15.5. The molecule has 1 unspecified atom stereocenters. The fourth-order valence-electron chi connectivity index (χ4n) is 1.44. The summed E-state index contributed by atoms with van der Waals surface area (Å²) in [6.45, 7) is 2.02. The van der Waals surface area contributed by atoms with Crippen LogP contribution in [0.2, 0.25) is 0 Å². The van der Waals surface area contributed by atoms with Gasteiger partial charge in [0.05, 0.1) is 0 Å². The number of amides is 1. The van der Waals surface area contributed by atoms with Gasteiger partial charge in [0.1, 0.15) is 0 Å². The maximum atomic E-state index is 11.5. The Balaban J connectivity index is 2.22. The summed E-state index contributed by atoms with van der Waals surface area (Å²) in [5.41, 5.74) is 0. The van der Waals surface area contributed by atoms with Gasteiger partial charge in [-0.25, -0.2) is 4.98 Å². The van der Waals surface area contributed by atoms with Crippen LogP contribution in [0, 0.1) is 0 Å². The zero-order chi connectivity index (χ0) is 9.97. The molecule has 1 N–H and O–H groups in total. The quantitative estimate of drug-likeness (QED) is 0.774. The van der Waals surface area contributed by atoms with Crippen LogP contribution < -0.4 is 10.1 Å². The van der Waals surface area contributed by atoms with E-state index in [0.29, 0.717) is 11.6 Å². The lowest BCUT2D eigenvalue weighted by molar-refractivity contribution is -0.123. The van der Waals surface area contributed by atoms with Crippen molar-refractivity contribution in [3.8, 4) is 5.75 Å². The average Bonchev–Trinajstić information content (AvgIpc) is 2.19. The van der Waals surface area contributed by atoms with Crippen molar-refractivity contribution in [2.45, 2.75) is 25.9 Å². The molecule has 0 radical (unpaired) electrons. The lowest BCUT2D eigenvalue weighted by atomic mass is 10.1. The Morgan fingerprint density at radius 1 is 1.64 bits per heavy atom. The summed E-state index contributed by atoms with van der Waals surface area (Å²) in [5, 5.41) is 2.72. The van der Waals surface area contributed by atoms with E-state index in [9.17, 15) is 4.79 Å². The van der Waals surface area contributed by atoms with E-state index >= 15 is 0 Å². The van der Waals surface area contributed by atoms with Gasteiger partial charge in [0.25, 0.3) is 5.91 Å². The molecule has 4 heteroatoms. The lowest BCUT2D eigenvalue weighted by Gasteiger charge is -2.24. The molecule has 2 rings (SSSR count). The number of aromatic nitrogens is 1. The monoisotopic (exact) mass is 192 g/mol. The van der Waals surface area contributed by atoms with Crippen LogP contribution in [0.5, 0.6) is 5.75 Å². The Morgan fingerprint density at radius 2 is 2.50 bits per heavy atom. The lowest BCUT2D eigenvalue weighted by Crippen LogP contribution is -2.37. The molecule has 1 aliphatic rings. The zero-order valence-electron chi connectivity index (χ0n) is 7.99. The summed E-state index contributed by atoms with van der Waals surface area (Å²) in [7, 11) is 0. The standard InChI is InChI=1S/C10H12N2O2/c1-2-4-8-10(13)12-9-7(14-8)5-3-6-11-9/h3,5-6,8H,2,4H2,1H3,(H,11,12,13). The van der Waals surface area contributed by atoms with Gasteiger partial charge in [-0.2, -0.15) is 0 Å². The first-order chi connectivity index (χ1) is 6.81. The topological polar surface area (TPSA) is 51.2 Å². The van der Waals surface area contributed by atoms with E-state index in [1.165, 1.54) is 0 Å². The highest BCUT2D eigenvalue weighted by atomic mass is 16.5. The van der Waals surface area contributed by atoms with Crippen molar-refractivity contribution in [2.24, 2.45) is 0 Å². The molecule has 1 amide bonds. The van der Waals surface area contributed by atoms with Crippen LogP contribution in [0.15, 0.2) is 18.3 Å². The van der Waals surface area contributed by atoms with E-state index in [4.69, 9.17) is 4.74 Å².